The molecule has 5 heteroatoms. The fourth-order valence-corrected chi connectivity index (χ4v) is 7.33. The smallest absolute Gasteiger partial charge is 0.164 e. The van der Waals surface area contributed by atoms with Gasteiger partial charge in [-0.2, -0.15) is 0 Å². The quantitative estimate of drug-likeness (QED) is 0.220. The number of fused-ring (bicyclic) bond motifs is 5. The van der Waals surface area contributed by atoms with Gasteiger partial charge in [0.05, 0.1) is 0 Å². The van der Waals surface area contributed by atoms with Crippen molar-refractivity contribution in [2.75, 3.05) is 0 Å². The SMILES string of the molecule is c1ccc(-c2nc(-c3ccccc3)nc(-c3cccc(-c4cc5ccc6c(ccc7ccsc76)c5s4)c3)n2)cc1. The lowest BCUT2D eigenvalue weighted by Gasteiger charge is -2.09. The summed E-state index contributed by atoms with van der Waals surface area (Å²) in [4.78, 5) is 15.9. The van der Waals surface area contributed by atoms with Gasteiger partial charge in [-0.15, -0.1) is 22.7 Å². The van der Waals surface area contributed by atoms with Crippen molar-refractivity contribution in [2.45, 2.75) is 0 Å². The molecule has 3 nitrogen and oxygen atoms in total. The first-order valence-corrected chi connectivity index (χ1v) is 14.8. The summed E-state index contributed by atoms with van der Waals surface area (Å²) >= 11 is 3.66. The van der Waals surface area contributed by atoms with Crippen molar-refractivity contribution in [1.82, 2.24) is 15.0 Å². The van der Waals surface area contributed by atoms with Gasteiger partial charge in [-0.05, 0) is 39.9 Å². The van der Waals surface area contributed by atoms with E-state index in [1.165, 1.54) is 35.8 Å². The molecule has 0 spiro atoms. The molecule has 40 heavy (non-hydrogen) atoms. The Morgan fingerprint density at radius 3 is 1.70 bits per heavy atom. The lowest BCUT2D eigenvalue weighted by atomic mass is 10.1. The maximum atomic E-state index is 4.92. The first-order chi connectivity index (χ1) is 19.8. The molecular weight excluding hydrogens is 527 g/mol. The number of nitrogens with zero attached hydrogens (tertiary/aromatic N) is 3. The molecule has 0 N–H and O–H groups in total. The van der Waals surface area contributed by atoms with E-state index in [4.69, 9.17) is 15.0 Å². The second kappa shape index (κ2) is 9.49. The molecule has 0 saturated heterocycles. The Morgan fingerprint density at radius 2 is 1.00 bits per heavy atom. The molecule has 0 amide bonds. The van der Waals surface area contributed by atoms with Gasteiger partial charge in [-0.1, -0.05) is 103 Å². The van der Waals surface area contributed by atoms with E-state index in [0.29, 0.717) is 17.5 Å². The number of aromatic nitrogens is 3. The number of rotatable bonds is 4. The minimum absolute atomic E-state index is 0.668. The summed E-state index contributed by atoms with van der Waals surface area (Å²) in [7, 11) is 0. The zero-order chi connectivity index (χ0) is 26.5. The third kappa shape index (κ3) is 3.99. The van der Waals surface area contributed by atoms with Crippen molar-refractivity contribution in [3.8, 4) is 44.6 Å². The van der Waals surface area contributed by atoms with E-state index in [2.05, 4.69) is 66.0 Å². The Morgan fingerprint density at radius 1 is 0.425 bits per heavy atom. The van der Waals surface area contributed by atoms with Crippen LogP contribution in [-0.4, -0.2) is 15.0 Å². The molecule has 0 aliphatic rings. The predicted molar refractivity (Wildman–Crippen MR) is 170 cm³/mol. The van der Waals surface area contributed by atoms with Crippen LogP contribution in [0, 0.1) is 0 Å². The van der Waals surface area contributed by atoms with Crippen LogP contribution >= 0.6 is 22.7 Å². The van der Waals surface area contributed by atoms with E-state index in [1.54, 1.807) is 0 Å². The number of thiophene rings is 2. The third-order valence-corrected chi connectivity index (χ3v) is 9.40. The first kappa shape index (κ1) is 23.2. The second-order valence-electron chi connectivity index (χ2n) is 9.71. The minimum atomic E-state index is 0.668. The van der Waals surface area contributed by atoms with Crippen molar-refractivity contribution < 1.29 is 0 Å². The van der Waals surface area contributed by atoms with Crippen LogP contribution in [-0.2, 0) is 0 Å². The average molecular weight is 548 g/mol. The second-order valence-corrected chi connectivity index (χ2v) is 11.7. The Balaban J connectivity index is 1.26. The van der Waals surface area contributed by atoms with Crippen LogP contribution in [0.2, 0.25) is 0 Å². The zero-order valence-corrected chi connectivity index (χ0v) is 22.9. The van der Waals surface area contributed by atoms with Gasteiger partial charge in [0.1, 0.15) is 0 Å². The summed E-state index contributed by atoms with van der Waals surface area (Å²) in [5.41, 5.74) is 4.07. The fraction of sp³-hybridized carbons (Fsp3) is 0. The van der Waals surface area contributed by atoms with Crippen molar-refractivity contribution in [2.24, 2.45) is 0 Å². The van der Waals surface area contributed by atoms with E-state index >= 15 is 0 Å². The van der Waals surface area contributed by atoms with Gasteiger partial charge in [0, 0.05) is 41.7 Å². The Hall–Kier alpha value is -4.71. The van der Waals surface area contributed by atoms with Crippen molar-refractivity contribution >= 4 is 53.6 Å². The van der Waals surface area contributed by atoms with Gasteiger partial charge >= 0.3 is 0 Å². The standard InChI is InChI=1S/C35H21N3S2/c1-3-8-23(9-4-1)33-36-34(24-10-5-2-6-11-24)38-35(37-33)27-13-7-12-25(20-27)30-21-26-15-17-28-29(32(26)40-30)16-14-22-18-19-39-31(22)28/h1-21H. The molecule has 8 rings (SSSR count). The Kier molecular flexibility index (Phi) is 5.50. The molecule has 0 atom stereocenters. The van der Waals surface area contributed by atoms with E-state index in [-0.39, 0.29) is 0 Å². The Bertz CT molecular complexity index is 2100. The molecule has 8 aromatic rings. The maximum Gasteiger partial charge on any atom is 0.164 e. The lowest BCUT2D eigenvalue weighted by molar-refractivity contribution is 1.07. The Labute approximate surface area is 239 Å². The van der Waals surface area contributed by atoms with Crippen LogP contribution in [0.5, 0.6) is 0 Å². The average Bonchev–Trinajstić information content (AvgIpc) is 3.70. The topological polar surface area (TPSA) is 38.7 Å². The number of hydrogen-bond donors (Lipinski definition) is 0. The van der Waals surface area contributed by atoms with Crippen molar-refractivity contribution in [3.05, 3.63) is 127 Å². The van der Waals surface area contributed by atoms with Gasteiger partial charge in [0.2, 0.25) is 0 Å². The van der Waals surface area contributed by atoms with Crippen LogP contribution < -0.4 is 0 Å². The first-order valence-electron chi connectivity index (χ1n) is 13.1. The lowest BCUT2D eigenvalue weighted by Crippen LogP contribution is -2.00. The molecule has 5 aromatic carbocycles. The molecule has 0 aliphatic carbocycles. The highest BCUT2D eigenvalue weighted by atomic mass is 32.1. The van der Waals surface area contributed by atoms with Gasteiger partial charge < -0.3 is 0 Å². The van der Waals surface area contributed by atoms with Crippen LogP contribution in [0.25, 0.3) is 75.5 Å². The number of hydrogen-bond acceptors (Lipinski definition) is 5. The van der Waals surface area contributed by atoms with E-state index in [0.717, 1.165) is 22.3 Å². The fourth-order valence-electron chi connectivity index (χ4n) is 5.22. The highest BCUT2D eigenvalue weighted by molar-refractivity contribution is 7.23. The van der Waals surface area contributed by atoms with Gasteiger partial charge in [0.25, 0.3) is 0 Å². The van der Waals surface area contributed by atoms with Gasteiger partial charge in [0.15, 0.2) is 17.5 Å². The van der Waals surface area contributed by atoms with Crippen molar-refractivity contribution in [1.29, 1.82) is 0 Å². The summed E-state index contributed by atoms with van der Waals surface area (Å²) in [5.74, 6) is 2.01. The minimum Gasteiger partial charge on any atom is -0.208 e. The zero-order valence-electron chi connectivity index (χ0n) is 21.3. The van der Waals surface area contributed by atoms with Crippen LogP contribution in [0.1, 0.15) is 0 Å². The van der Waals surface area contributed by atoms with Crippen LogP contribution in [0.4, 0.5) is 0 Å². The summed E-state index contributed by atoms with van der Waals surface area (Å²) in [5, 5.41) is 7.40. The van der Waals surface area contributed by atoms with E-state index < -0.39 is 0 Å². The molecule has 0 fully saturated rings. The summed E-state index contributed by atoms with van der Waals surface area (Å²) < 4.78 is 2.68. The summed E-state index contributed by atoms with van der Waals surface area (Å²) in [6, 6.07) is 42.3. The van der Waals surface area contributed by atoms with E-state index in [9.17, 15) is 0 Å². The van der Waals surface area contributed by atoms with Crippen LogP contribution in [0.15, 0.2) is 127 Å². The normalized spacial score (nSPS) is 11.5. The van der Waals surface area contributed by atoms with E-state index in [1.807, 2.05) is 83.3 Å². The third-order valence-electron chi connectivity index (χ3n) is 7.20. The summed E-state index contributed by atoms with van der Waals surface area (Å²) in [6.45, 7) is 0. The molecule has 0 aliphatic heterocycles. The molecule has 3 aromatic heterocycles. The molecule has 0 radical (unpaired) electrons. The summed E-state index contributed by atoms with van der Waals surface area (Å²) in [6.07, 6.45) is 0. The monoisotopic (exact) mass is 547 g/mol. The van der Waals surface area contributed by atoms with Gasteiger partial charge in [-0.3, -0.25) is 0 Å². The molecular formula is C35H21N3S2. The molecule has 0 saturated carbocycles. The van der Waals surface area contributed by atoms with Crippen LogP contribution in [0.3, 0.4) is 0 Å². The maximum absolute atomic E-state index is 4.92. The van der Waals surface area contributed by atoms with Gasteiger partial charge in [-0.25, -0.2) is 15.0 Å². The number of benzene rings is 5. The highest BCUT2D eigenvalue weighted by Crippen LogP contribution is 2.41. The molecule has 0 bridgehead atoms. The molecule has 188 valence electrons. The largest absolute Gasteiger partial charge is 0.208 e. The predicted octanol–water partition coefficient (Wildman–Crippen LogP) is 10.1. The highest BCUT2D eigenvalue weighted by Gasteiger charge is 2.14. The molecule has 0 unspecified atom stereocenters. The van der Waals surface area contributed by atoms with Crippen molar-refractivity contribution in [3.63, 3.8) is 0 Å². The molecule has 3 heterocycles.